The van der Waals surface area contributed by atoms with E-state index < -0.39 is 22.9 Å². The molecule has 0 aliphatic heterocycles. The van der Waals surface area contributed by atoms with E-state index in [9.17, 15) is 18.8 Å². The molecule has 0 atom stereocenters. The van der Waals surface area contributed by atoms with Crippen molar-refractivity contribution in [3.63, 3.8) is 0 Å². The van der Waals surface area contributed by atoms with E-state index in [1.165, 1.54) is 57.4 Å². The van der Waals surface area contributed by atoms with Gasteiger partial charge in [0.15, 0.2) is 17.3 Å². The number of ether oxygens (including phenoxy) is 4. The molecule has 3 aromatic carbocycles. The lowest BCUT2D eigenvalue weighted by Gasteiger charge is -2.17. The number of methoxy groups -OCH3 is 4. The summed E-state index contributed by atoms with van der Waals surface area (Å²) in [4.78, 5) is 39.8. The van der Waals surface area contributed by atoms with Crippen LogP contribution >= 0.6 is 0 Å². The second-order valence-corrected chi connectivity index (χ2v) is 8.17. The standard InChI is InChI=1S/C28H25FN2O7/c1-35-18-9-10-23(36-2)21(11-18)30-26(32)15-31-14-20(27(33)16-5-7-17(29)8-6-16)28(34)19-12-24(37-3)25(38-4)13-22(19)31/h5-14H,15H2,1-4H3,(H,30,32). The minimum Gasteiger partial charge on any atom is -0.497 e. The second-order valence-electron chi connectivity index (χ2n) is 8.17. The van der Waals surface area contributed by atoms with Crippen molar-refractivity contribution in [1.29, 1.82) is 0 Å². The Bertz CT molecular complexity index is 1580. The number of anilines is 1. The summed E-state index contributed by atoms with van der Waals surface area (Å²) in [5, 5.41) is 2.92. The number of pyridine rings is 1. The Kier molecular flexibility index (Phi) is 7.61. The Labute approximate surface area is 217 Å². The summed E-state index contributed by atoms with van der Waals surface area (Å²) in [6.07, 6.45) is 1.31. The van der Waals surface area contributed by atoms with Gasteiger partial charge < -0.3 is 28.8 Å². The Morgan fingerprint density at radius 3 is 2.13 bits per heavy atom. The minimum absolute atomic E-state index is 0.125. The molecule has 0 saturated heterocycles. The molecule has 0 bridgehead atoms. The number of fused-ring (bicyclic) bond motifs is 1. The lowest BCUT2D eigenvalue weighted by molar-refractivity contribution is -0.116. The van der Waals surface area contributed by atoms with Crippen LogP contribution in [0, 0.1) is 5.82 Å². The van der Waals surface area contributed by atoms with Crippen LogP contribution in [0.15, 0.2) is 65.6 Å². The highest BCUT2D eigenvalue weighted by Gasteiger charge is 2.21. The maximum Gasteiger partial charge on any atom is 0.244 e. The number of nitrogens with zero attached hydrogens (tertiary/aromatic N) is 1. The maximum absolute atomic E-state index is 13.4. The third kappa shape index (κ3) is 5.15. The highest BCUT2D eigenvalue weighted by Crippen LogP contribution is 2.32. The first-order chi connectivity index (χ1) is 18.3. The lowest BCUT2D eigenvalue weighted by Crippen LogP contribution is -2.24. The highest BCUT2D eigenvalue weighted by atomic mass is 19.1. The van der Waals surface area contributed by atoms with E-state index in [0.717, 1.165) is 12.1 Å². The van der Waals surface area contributed by atoms with Crippen molar-refractivity contribution in [2.75, 3.05) is 33.8 Å². The molecule has 1 aromatic heterocycles. The highest BCUT2D eigenvalue weighted by molar-refractivity contribution is 6.10. The number of halogens is 1. The predicted molar refractivity (Wildman–Crippen MR) is 139 cm³/mol. The molecule has 9 nitrogen and oxygen atoms in total. The van der Waals surface area contributed by atoms with Gasteiger partial charge in [0.1, 0.15) is 23.9 Å². The maximum atomic E-state index is 13.4. The van der Waals surface area contributed by atoms with Crippen LogP contribution in [-0.2, 0) is 11.3 Å². The fourth-order valence-electron chi connectivity index (χ4n) is 4.02. The Balaban J connectivity index is 1.82. The molecule has 196 valence electrons. The molecule has 1 N–H and O–H groups in total. The number of carbonyl (C=O) groups excluding carboxylic acids is 2. The van der Waals surface area contributed by atoms with Gasteiger partial charge in [-0.3, -0.25) is 14.4 Å². The molecular formula is C28H25FN2O7. The van der Waals surface area contributed by atoms with E-state index >= 15 is 0 Å². The minimum atomic E-state index is -0.615. The molecule has 4 rings (SSSR count). The monoisotopic (exact) mass is 520 g/mol. The van der Waals surface area contributed by atoms with Gasteiger partial charge in [-0.15, -0.1) is 0 Å². The van der Waals surface area contributed by atoms with Gasteiger partial charge in [-0.1, -0.05) is 0 Å². The first-order valence-corrected chi connectivity index (χ1v) is 11.4. The molecular weight excluding hydrogens is 495 g/mol. The van der Waals surface area contributed by atoms with Gasteiger partial charge in [0, 0.05) is 23.9 Å². The van der Waals surface area contributed by atoms with Crippen LogP contribution in [0.25, 0.3) is 10.9 Å². The van der Waals surface area contributed by atoms with Gasteiger partial charge in [-0.05, 0) is 42.5 Å². The van der Waals surface area contributed by atoms with E-state index in [4.69, 9.17) is 18.9 Å². The summed E-state index contributed by atoms with van der Waals surface area (Å²) in [6.45, 7) is -0.268. The summed E-state index contributed by atoms with van der Waals surface area (Å²) < 4.78 is 36.2. The van der Waals surface area contributed by atoms with Gasteiger partial charge in [0.25, 0.3) is 0 Å². The molecule has 0 aliphatic rings. The van der Waals surface area contributed by atoms with Gasteiger partial charge in [0.2, 0.25) is 11.3 Å². The smallest absolute Gasteiger partial charge is 0.244 e. The van der Waals surface area contributed by atoms with Crippen LogP contribution in [0.4, 0.5) is 10.1 Å². The number of carbonyl (C=O) groups is 2. The topological polar surface area (TPSA) is 105 Å². The number of amides is 1. The van der Waals surface area contributed by atoms with E-state index in [0.29, 0.717) is 28.5 Å². The molecule has 0 unspecified atom stereocenters. The average Bonchev–Trinajstić information content (AvgIpc) is 2.93. The molecule has 0 aliphatic carbocycles. The number of hydrogen-bond acceptors (Lipinski definition) is 7. The van der Waals surface area contributed by atoms with Crippen LogP contribution in [0.1, 0.15) is 15.9 Å². The molecule has 10 heteroatoms. The normalized spacial score (nSPS) is 10.7. The fourth-order valence-corrected chi connectivity index (χ4v) is 4.02. The van der Waals surface area contributed by atoms with E-state index in [1.807, 2.05) is 0 Å². The zero-order valence-corrected chi connectivity index (χ0v) is 21.2. The van der Waals surface area contributed by atoms with E-state index in [2.05, 4.69) is 5.32 Å². The lowest BCUT2D eigenvalue weighted by atomic mass is 10.0. The largest absolute Gasteiger partial charge is 0.497 e. The van der Waals surface area contributed by atoms with Crippen LogP contribution in [-0.4, -0.2) is 44.7 Å². The average molecular weight is 521 g/mol. The summed E-state index contributed by atoms with van der Waals surface area (Å²) in [5.41, 5.74) is 0.0880. The summed E-state index contributed by atoms with van der Waals surface area (Å²) in [7, 11) is 5.84. The second kappa shape index (κ2) is 11.0. The molecule has 0 fully saturated rings. The number of nitrogens with one attached hydrogen (secondary N) is 1. The predicted octanol–water partition coefficient (Wildman–Crippen LogP) is 4.04. The number of ketones is 1. The van der Waals surface area contributed by atoms with E-state index in [1.54, 1.807) is 24.3 Å². The number of benzene rings is 3. The van der Waals surface area contributed by atoms with Crippen molar-refractivity contribution in [2.24, 2.45) is 0 Å². The number of aromatic nitrogens is 1. The summed E-state index contributed by atoms with van der Waals surface area (Å²) in [5.74, 6) is -0.0478. The zero-order chi connectivity index (χ0) is 27.4. The van der Waals surface area contributed by atoms with E-state index in [-0.39, 0.29) is 28.8 Å². The molecule has 0 spiro atoms. The molecule has 38 heavy (non-hydrogen) atoms. The van der Waals surface area contributed by atoms with Crippen LogP contribution in [0.5, 0.6) is 23.0 Å². The SMILES string of the molecule is COc1ccc(OC)c(NC(=O)Cn2cc(C(=O)c3ccc(F)cc3)c(=O)c3cc(OC)c(OC)cc32)c1. The van der Waals surface area contributed by atoms with Gasteiger partial charge >= 0.3 is 0 Å². The molecule has 4 aromatic rings. The molecule has 0 radical (unpaired) electrons. The quantitative estimate of drug-likeness (QED) is 0.332. The van der Waals surface area contributed by atoms with Crippen molar-refractivity contribution in [3.05, 3.63) is 88.0 Å². The van der Waals surface area contributed by atoms with Crippen molar-refractivity contribution in [1.82, 2.24) is 4.57 Å². The third-order valence-corrected chi connectivity index (χ3v) is 5.93. The number of rotatable bonds is 9. The fraction of sp³-hybridized carbons (Fsp3) is 0.179. The first-order valence-electron chi connectivity index (χ1n) is 11.4. The molecule has 1 heterocycles. The van der Waals surface area contributed by atoms with Crippen LogP contribution < -0.4 is 29.7 Å². The number of hydrogen-bond donors (Lipinski definition) is 1. The third-order valence-electron chi connectivity index (χ3n) is 5.93. The Hall–Kier alpha value is -4.86. The molecule has 1 amide bonds. The Morgan fingerprint density at radius 1 is 0.842 bits per heavy atom. The molecule has 0 saturated carbocycles. The van der Waals surface area contributed by atoms with Crippen molar-refractivity contribution in [2.45, 2.75) is 6.54 Å². The van der Waals surface area contributed by atoms with Crippen LogP contribution in [0.3, 0.4) is 0 Å². The zero-order valence-electron chi connectivity index (χ0n) is 21.2. The van der Waals surface area contributed by atoms with Gasteiger partial charge in [-0.25, -0.2) is 4.39 Å². The van der Waals surface area contributed by atoms with Gasteiger partial charge in [0.05, 0.1) is 50.6 Å². The summed E-state index contributed by atoms with van der Waals surface area (Å²) in [6, 6.07) is 12.8. The van der Waals surface area contributed by atoms with Crippen molar-refractivity contribution < 1.29 is 32.9 Å². The van der Waals surface area contributed by atoms with Gasteiger partial charge in [-0.2, -0.15) is 0 Å². The van der Waals surface area contributed by atoms with Crippen molar-refractivity contribution >= 4 is 28.3 Å². The van der Waals surface area contributed by atoms with Crippen LogP contribution in [0.2, 0.25) is 0 Å². The first kappa shape index (κ1) is 26.2. The summed E-state index contributed by atoms with van der Waals surface area (Å²) >= 11 is 0. The Morgan fingerprint density at radius 2 is 1.50 bits per heavy atom. The van der Waals surface area contributed by atoms with Crippen molar-refractivity contribution in [3.8, 4) is 23.0 Å².